The van der Waals surface area contributed by atoms with Crippen molar-refractivity contribution in [3.63, 3.8) is 0 Å². The van der Waals surface area contributed by atoms with Gasteiger partial charge in [-0.3, -0.25) is 0 Å². The minimum absolute atomic E-state index is 0.490. The molecule has 0 radical (unpaired) electrons. The molecule has 0 aromatic rings. The third-order valence-corrected chi connectivity index (χ3v) is 4.02. The zero-order valence-corrected chi connectivity index (χ0v) is 10.3. The quantitative estimate of drug-likeness (QED) is 0.776. The number of amides is 2. The Morgan fingerprint density at radius 2 is 1.83 bits per heavy atom. The van der Waals surface area contributed by atoms with Crippen LogP contribution in [0.2, 0.25) is 0 Å². The highest BCUT2D eigenvalue weighted by Crippen LogP contribution is 2.35. The number of fused-ring (bicyclic) bond motifs is 1. The van der Waals surface area contributed by atoms with Gasteiger partial charge in [0.2, 0.25) is 0 Å². The molecule has 0 bridgehead atoms. The predicted octanol–water partition coefficient (Wildman–Crippen LogP) is 2.77. The van der Waals surface area contributed by atoms with Crippen LogP contribution in [0.15, 0.2) is 0 Å². The second-order valence-corrected chi connectivity index (χ2v) is 5.31. The van der Waals surface area contributed by atoms with E-state index in [1.54, 1.807) is 0 Å². The summed E-state index contributed by atoms with van der Waals surface area (Å²) in [6.45, 7) is -0.0321. The summed E-state index contributed by atoms with van der Waals surface area (Å²) in [4.78, 5) is 13.2. The van der Waals surface area contributed by atoms with Crippen LogP contribution in [0.25, 0.3) is 0 Å². The van der Waals surface area contributed by atoms with E-state index in [9.17, 15) is 18.0 Å². The lowest BCUT2D eigenvalue weighted by molar-refractivity contribution is -0.123. The molecule has 2 unspecified atom stereocenters. The van der Waals surface area contributed by atoms with Gasteiger partial charge in [-0.25, -0.2) is 4.79 Å². The highest BCUT2D eigenvalue weighted by molar-refractivity contribution is 5.74. The van der Waals surface area contributed by atoms with E-state index >= 15 is 0 Å². The molecule has 18 heavy (non-hydrogen) atoms. The Labute approximate surface area is 105 Å². The standard InChI is InChI=1S/C12H19F3N2O/c13-12(14,15)8-16-11(18)17-6-5-9-3-1-2-4-10(9)7-17/h9-10H,1-8H2,(H,16,18). The molecule has 0 aromatic heterocycles. The number of nitrogens with zero attached hydrogens (tertiary/aromatic N) is 1. The first kappa shape index (κ1) is 13.5. The molecule has 2 rings (SSSR count). The average molecular weight is 264 g/mol. The summed E-state index contributed by atoms with van der Waals surface area (Å²) >= 11 is 0. The number of alkyl halides is 3. The van der Waals surface area contributed by atoms with Gasteiger partial charge in [0.25, 0.3) is 0 Å². The number of halogens is 3. The first-order chi connectivity index (χ1) is 8.46. The number of nitrogens with one attached hydrogen (secondary N) is 1. The molecule has 0 aromatic carbocycles. The lowest BCUT2D eigenvalue weighted by Crippen LogP contribution is -2.50. The van der Waals surface area contributed by atoms with E-state index in [0.29, 0.717) is 24.9 Å². The van der Waals surface area contributed by atoms with Crippen LogP contribution in [0, 0.1) is 11.8 Å². The van der Waals surface area contributed by atoms with Gasteiger partial charge in [-0.05, 0) is 24.7 Å². The van der Waals surface area contributed by atoms with Gasteiger partial charge in [0, 0.05) is 13.1 Å². The zero-order valence-electron chi connectivity index (χ0n) is 10.3. The van der Waals surface area contributed by atoms with Crippen LogP contribution in [0.1, 0.15) is 32.1 Å². The number of rotatable bonds is 1. The maximum Gasteiger partial charge on any atom is 0.405 e. The van der Waals surface area contributed by atoms with Gasteiger partial charge in [-0.2, -0.15) is 13.2 Å². The molecule has 1 saturated carbocycles. The fourth-order valence-electron chi connectivity index (χ4n) is 3.07. The minimum atomic E-state index is -4.33. The smallest absolute Gasteiger partial charge is 0.329 e. The Hall–Kier alpha value is -0.940. The number of carbonyl (C=O) groups is 1. The average Bonchev–Trinajstić information content (AvgIpc) is 2.34. The van der Waals surface area contributed by atoms with E-state index in [2.05, 4.69) is 0 Å². The third-order valence-electron chi connectivity index (χ3n) is 4.02. The van der Waals surface area contributed by atoms with Crippen molar-refractivity contribution in [1.82, 2.24) is 10.2 Å². The molecule has 0 spiro atoms. The molecular weight excluding hydrogens is 245 g/mol. The second-order valence-electron chi connectivity index (χ2n) is 5.31. The Balaban J connectivity index is 1.81. The number of piperidine rings is 1. The van der Waals surface area contributed by atoms with Crippen LogP contribution in [-0.2, 0) is 0 Å². The van der Waals surface area contributed by atoms with Crippen molar-refractivity contribution < 1.29 is 18.0 Å². The number of hydrogen-bond donors (Lipinski definition) is 1. The van der Waals surface area contributed by atoms with Crippen LogP contribution < -0.4 is 5.32 Å². The van der Waals surface area contributed by atoms with E-state index in [4.69, 9.17) is 0 Å². The maximum atomic E-state index is 12.0. The molecule has 1 N–H and O–H groups in total. The van der Waals surface area contributed by atoms with Gasteiger partial charge in [0.05, 0.1) is 0 Å². The Morgan fingerprint density at radius 1 is 1.17 bits per heavy atom. The van der Waals surface area contributed by atoms with Crippen molar-refractivity contribution in [2.75, 3.05) is 19.6 Å². The summed E-state index contributed by atoms with van der Waals surface area (Å²) in [7, 11) is 0. The van der Waals surface area contributed by atoms with Crippen molar-refractivity contribution in [1.29, 1.82) is 0 Å². The first-order valence-corrected chi connectivity index (χ1v) is 6.55. The molecular formula is C12H19F3N2O. The molecule has 1 heterocycles. The van der Waals surface area contributed by atoms with Crippen molar-refractivity contribution in [3.05, 3.63) is 0 Å². The molecule has 6 heteroatoms. The lowest BCUT2D eigenvalue weighted by atomic mass is 9.75. The molecule has 2 fully saturated rings. The van der Waals surface area contributed by atoms with Crippen molar-refractivity contribution in [2.45, 2.75) is 38.3 Å². The highest BCUT2D eigenvalue weighted by Gasteiger charge is 2.34. The molecule has 2 atom stereocenters. The fraction of sp³-hybridized carbons (Fsp3) is 0.917. The van der Waals surface area contributed by atoms with Gasteiger partial charge in [-0.15, -0.1) is 0 Å². The molecule has 1 aliphatic heterocycles. The first-order valence-electron chi connectivity index (χ1n) is 6.55. The van der Waals surface area contributed by atoms with Crippen molar-refractivity contribution in [3.8, 4) is 0 Å². The van der Waals surface area contributed by atoms with Gasteiger partial charge < -0.3 is 10.2 Å². The van der Waals surface area contributed by atoms with E-state index in [0.717, 1.165) is 12.8 Å². The van der Waals surface area contributed by atoms with Gasteiger partial charge in [0.15, 0.2) is 0 Å². The van der Waals surface area contributed by atoms with Crippen LogP contribution in [-0.4, -0.2) is 36.7 Å². The summed E-state index contributed by atoms with van der Waals surface area (Å²) in [6.07, 6.45) is 1.35. The second kappa shape index (κ2) is 5.36. The number of hydrogen-bond acceptors (Lipinski definition) is 1. The molecule has 2 aliphatic rings. The molecule has 104 valence electrons. The summed E-state index contributed by atoms with van der Waals surface area (Å²) in [5.74, 6) is 1.16. The monoisotopic (exact) mass is 264 g/mol. The Bertz CT molecular complexity index is 306. The van der Waals surface area contributed by atoms with Gasteiger partial charge in [-0.1, -0.05) is 19.3 Å². The normalized spacial score (nSPS) is 28.7. The predicted molar refractivity (Wildman–Crippen MR) is 61.1 cm³/mol. The van der Waals surface area contributed by atoms with Crippen LogP contribution in [0.3, 0.4) is 0 Å². The minimum Gasteiger partial charge on any atom is -0.329 e. The summed E-state index contributed by atoms with van der Waals surface area (Å²) < 4.78 is 36.1. The van der Waals surface area contributed by atoms with E-state index in [-0.39, 0.29) is 0 Å². The largest absolute Gasteiger partial charge is 0.405 e. The zero-order chi connectivity index (χ0) is 13.2. The van der Waals surface area contributed by atoms with Crippen LogP contribution in [0.4, 0.5) is 18.0 Å². The molecule has 1 aliphatic carbocycles. The maximum absolute atomic E-state index is 12.0. The van der Waals surface area contributed by atoms with E-state index in [1.807, 2.05) is 5.32 Å². The van der Waals surface area contributed by atoms with Crippen LogP contribution in [0.5, 0.6) is 0 Å². The van der Waals surface area contributed by atoms with E-state index < -0.39 is 18.8 Å². The third kappa shape index (κ3) is 3.53. The number of likely N-dealkylation sites (tertiary alicyclic amines) is 1. The summed E-state index contributed by atoms with van der Waals surface area (Å²) in [6, 6.07) is -0.573. The van der Waals surface area contributed by atoms with Crippen molar-refractivity contribution >= 4 is 6.03 Å². The molecule has 2 amide bonds. The van der Waals surface area contributed by atoms with Crippen molar-refractivity contribution in [2.24, 2.45) is 11.8 Å². The Morgan fingerprint density at radius 3 is 2.50 bits per heavy atom. The number of urea groups is 1. The fourth-order valence-corrected chi connectivity index (χ4v) is 3.07. The van der Waals surface area contributed by atoms with Gasteiger partial charge in [0.1, 0.15) is 6.54 Å². The lowest BCUT2D eigenvalue weighted by Gasteiger charge is -2.41. The number of carbonyl (C=O) groups excluding carboxylic acids is 1. The topological polar surface area (TPSA) is 32.3 Å². The molecule has 3 nitrogen and oxygen atoms in total. The van der Waals surface area contributed by atoms with Crippen LogP contribution >= 0.6 is 0 Å². The SMILES string of the molecule is O=C(NCC(F)(F)F)N1CCC2CCCCC2C1. The Kier molecular flexibility index (Phi) is 4.02. The van der Waals surface area contributed by atoms with E-state index in [1.165, 1.54) is 24.2 Å². The molecule has 1 saturated heterocycles. The summed E-state index contributed by atoms with van der Waals surface area (Å²) in [5.41, 5.74) is 0. The van der Waals surface area contributed by atoms with Gasteiger partial charge >= 0.3 is 12.2 Å². The highest BCUT2D eigenvalue weighted by atomic mass is 19.4. The summed E-state index contributed by atoms with van der Waals surface area (Å²) in [5, 5.41) is 1.95.